The molecule has 1 atom stereocenters. The van der Waals surface area contributed by atoms with Gasteiger partial charge < -0.3 is 10.8 Å². The van der Waals surface area contributed by atoms with Crippen molar-refractivity contribution in [3.8, 4) is 0 Å². The van der Waals surface area contributed by atoms with Crippen molar-refractivity contribution in [2.45, 2.75) is 51.1 Å². The molecule has 0 aromatic carbocycles. The van der Waals surface area contributed by atoms with Crippen molar-refractivity contribution in [2.75, 3.05) is 0 Å². The molecule has 0 fully saturated rings. The van der Waals surface area contributed by atoms with Crippen LogP contribution in [-0.2, 0) is 0 Å². The van der Waals surface area contributed by atoms with E-state index in [0.29, 0.717) is 0 Å². The Morgan fingerprint density at radius 1 is 1.31 bits per heavy atom. The van der Waals surface area contributed by atoms with Gasteiger partial charge in [0.05, 0.1) is 8.07 Å². The van der Waals surface area contributed by atoms with Crippen LogP contribution >= 0.6 is 0 Å². The van der Waals surface area contributed by atoms with Crippen LogP contribution in [0.15, 0.2) is 0 Å². The Kier molecular flexibility index (Phi) is 4.12. The van der Waals surface area contributed by atoms with E-state index in [0.717, 1.165) is 18.1 Å². The van der Waals surface area contributed by atoms with Crippen LogP contribution in [0.1, 0.15) is 27.7 Å². The van der Waals surface area contributed by atoms with Crippen molar-refractivity contribution >= 4 is 13.9 Å². The fourth-order valence-electron chi connectivity index (χ4n) is 2.07. The molecule has 0 aliphatic carbocycles. The molecule has 1 unspecified atom stereocenters. The number of aliphatic hydroxyl groups is 1. The van der Waals surface area contributed by atoms with Gasteiger partial charge in [0.25, 0.3) is 0 Å². The molecule has 0 bridgehead atoms. The number of hydrogen-bond donors (Lipinski definition) is 3. The molecule has 78 valence electrons. The Hall–Kier alpha value is -0.353. The zero-order valence-electron chi connectivity index (χ0n) is 9.15. The summed E-state index contributed by atoms with van der Waals surface area (Å²) in [6, 6.07) is 2.94. The molecule has 13 heavy (non-hydrogen) atoms. The minimum Gasteiger partial charge on any atom is -0.386 e. The van der Waals surface area contributed by atoms with Gasteiger partial charge >= 0.3 is 0 Å². The van der Waals surface area contributed by atoms with Gasteiger partial charge in [-0.15, -0.1) is 0 Å². The average molecular weight is 202 g/mol. The number of nitrogens with one attached hydrogen (secondary N) is 1. The van der Waals surface area contributed by atoms with Crippen LogP contribution in [0, 0.1) is 5.41 Å². The summed E-state index contributed by atoms with van der Waals surface area (Å²) in [5.74, 6) is -0.0651. The van der Waals surface area contributed by atoms with Gasteiger partial charge in [0.1, 0.15) is 11.1 Å². The van der Waals surface area contributed by atoms with E-state index in [9.17, 15) is 5.11 Å². The molecule has 4 heteroatoms. The first-order valence-electron chi connectivity index (χ1n) is 4.94. The van der Waals surface area contributed by atoms with Gasteiger partial charge in [-0.3, -0.25) is 5.41 Å². The highest BCUT2D eigenvalue weighted by molar-refractivity contribution is 6.85. The second-order valence-electron chi connectivity index (χ2n) is 3.83. The first-order valence-corrected chi connectivity index (χ1v) is 7.57. The maximum atomic E-state index is 10.2. The van der Waals surface area contributed by atoms with Crippen molar-refractivity contribution in [1.29, 1.82) is 5.41 Å². The van der Waals surface area contributed by atoms with Crippen LogP contribution in [0.3, 0.4) is 0 Å². The van der Waals surface area contributed by atoms with Crippen molar-refractivity contribution in [2.24, 2.45) is 5.73 Å². The van der Waals surface area contributed by atoms with Crippen LogP contribution in [0.25, 0.3) is 0 Å². The molecule has 0 aromatic heterocycles. The molecule has 0 saturated carbocycles. The number of rotatable bonds is 5. The molecule has 3 nitrogen and oxygen atoms in total. The van der Waals surface area contributed by atoms with Crippen molar-refractivity contribution < 1.29 is 5.11 Å². The Morgan fingerprint density at radius 3 is 1.69 bits per heavy atom. The molecule has 0 radical (unpaired) electrons. The standard InChI is InChI=1S/C9H22N2OSi/c1-5-13(6-2,7-3)9(4,12)8(10)11/h12H,5-7H2,1-4H3,(H3,10,11). The molecular formula is C9H22N2OSi. The quantitative estimate of drug-likeness (QED) is 0.361. The summed E-state index contributed by atoms with van der Waals surface area (Å²) in [6.45, 7) is 7.99. The Morgan fingerprint density at radius 2 is 1.62 bits per heavy atom. The number of hydrogen-bond acceptors (Lipinski definition) is 2. The van der Waals surface area contributed by atoms with Gasteiger partial charge in [-0.1, -0.05) is 38.9 Å². The van der Waals surface area contributed by atoms with E-state index in [1.807, 2.05) is 0 Å². The molecular weight excluding hydrogens is 180 g/mol. The third-order valence-electron chi connectivity index (χ3n) is 3.59. The molecule has 0 aliphatic heterocycles. The first kappa shape index (κ1) is 12.6. The zero-order valence-corrected chi connectivity index (χ0v) is 10.1. The lowest BCUT2D eigenvalue weighted by Crippen LogP contribution is -2.62. The summed E-state index contributed by atoms with van der Waals surface area (Å²) in [5, 5.41) is 16.6. The fourth-order valence-corrected chi connectivity index (χ4v) is 6.21. The minimum atomic E-state index is -1.80. The van der Waals surface area contributed by atoms with E-state index in [-0.39, 0.29) is 5.84 Å². The summed E-state index contributed by atoms with van der Waals surface area (Å²) in [5.41, 5.74) is 5.45. The predicted molar refractivity (Wildman–Crippen MR) is 59.7 cm³/mol. The summed E-state index contributed by atoms with van der Waals surface area (Å²) in [7, 11) is -1.80. The summed E-state index contributed by atoms with van der Waals surface area (Å²) >= 11 is 0. The molecule has 0 aromatic rings. The fraction of sp³-hybridized carbons (Fsp3) is 0.889. The Balaban J connectivity index is 5.02. The molecule has 0 heterocycles. The zero-order chi connectivity index (χ0) is 10.7. The van der Waals surface area contributed by atoms with E-state index in [2.05, 4.69) is 20.8 Å². The third-order valence-corrected chi connectivity index (χ3v) is 9.98. The van der Waals surface area contributed by atoms with E-state index in [4.69, 9.17) is 11.1 Å². The largest absolute Gasteiger partial charge is 0.386 e. The van der Waals surface area contributed by atoms with Gasteiger partial charge in [-0.2, -0.15) is 0 Å². The van der Waals surface area contributed by atoms with Gasteiger partial charge in [0.2, 0.25) is 0 Å². The summed E-state index contributed by atoms with van der Waals surface area (Å²) in [6.07, 6.45) is 0. The second-order valence-corrected chi connectivity index (χ2v) is 9.48. The monoisotopic (exact) mass is 202 g/mol. The first-order chi connectivity index (χ1) is 5.88. The van der Waals surface area contributed by atoms with Gasteiger partial charge in [-0.05, 0) is 6.92 Å². The van der Waals surface area contributed by atoms with Crippen molar-refractivity contribution in [3.63, 3.8) is 0 Å². The van der Waals surface area contributed by atoms with Crippen molar-refractivity contribution in [3.05, 3.63) is 0 Å². The van der Waals surface area contributed by atoms with Crippen LogP contribution in [0.5, 0.6) is 0 Å². The lowest BCUT2D eigenvalue weighted by molar-refractivity contribution is 0.201. The molecule has 0 rings (SSSR count). The normalized spacial score (nSPS) is 16.7. The molecule has 0 amide bonds. The van der Waals surface area contributed by atoms with Crippen LogP contribution in [0.2, 0.25) is 18.1 Å². The van der Waals surface area contributed by atoms with E-state index in [1.165, 1.54) is 0 Å². The van der Waals surface area contributed by atoms with E-state index in [1.54, 1.807) is 6.92 Å². The van der Waals surface area contributed by atoms with Crippen molar-refractivity contribution in [1.82, 2.24) is 0 Å². The van der Waals surface area contributed by atoms with E-state index >= 15 is 0 Å². The van der Waals surface area contributed by atoms with Gasteiger partial charge in [0, 0.05) is 0 Å². The lowest BCUT2D eigenvalue weighted by atomic mass is 10.4. The minimum absolute atomic E-state index is 0.0651. The van der Waals surface area contributed by atoms with E-state index < -0.39 is 13.3 Å². The Bertz CT molecular complexity index is 180. The second kappa shape index (κ2) is 4.24. The lowest BCUT2D eigenvalue weighted by Gasteiger charge is -2.41. The van der Waals surface area contributed by atoms with Crippen LogP contribution in [-0.4, -0.2) is 24.2 Å². The van der Waals surface area contributed by atoms with Crippen LogP contribution in [0.4, 0.5) is 0 Å². The average Bonchev–Trinajstić information content (AvgIpc) is 2.08. The summed E-state index contributed by atoms with van der Waals surface area (Å²) < 4.78 is 0. The third kappa shape index (κ3) is 1.94. The maximum Gasteiger partial charge on any atom is 0.119 e. The highest BCUT2D eigenvalue weighted by Gasteiger charge is 2.47. The molecule has 4 N–H and O–H groups in total. The van der Waals surface area contributed by atoms with Gasteiger partial charge in [-0.25, -0.2) is 0 Å². The number of amidine groups is 1. The van der Waals surface area contributed by atoms with Gasteiger partial charge in [0.15, 0.2) is 0 Å². The maximum absolute atomic E-state index is 10.2. The topological polar surface area (TPSA) is 70.1 Å². The molecule has 0 aliphatic rings. The molecule has 0 saturated heterocycles. The Labute approximate surface area is 81.9 Å². The van der Waals surface area contributed by atoms with Crippen LogP contribution < -0.4 is 5.73 Å². The number of nitrogens with two attached hydrogens (primary N) is 1. The predicted octanol–water partition coefficient (Wildman–Crippen LogP) is 1.72. The SMILES string of the molecule is CC[Si](CC)(CC)C(C)(O)C(=N)N. The highest BCUT2D eigenvalue weighted by Crippen LogP contribution is 2.31. The highest BCUT2D eigenvalue weighted by atomic mass is 28.3. The molecule has 0 spiro atoms. The summed E-state index contributed by atoms with van der Waals surface area (Å²) in [4.78, 5) is 0. The smallest absolute Gasteiger partial charge is 0.119 e.